The zero-order chi connectivity index (χ0) is 24.6. The molecule has 2 aromatic carbocycles. The predicted molar refractivity (Wildman–Crippen MR) is 127 cm³/mol. The number of hydroxylamine groups is 1. The Bertz CT molecular complexity index is 970. The van der Waals surface area contributed by atoms with E-state index in [2.05, 4.69) is 10.6 Å². The van der Waals surface area contributed by atoms with Crippen molar-refractivity contribution in [3.05, 3.63) is 48.0 Å². The fourth-order valence-corrected chi connectivity index (χ4v) is 3.71. The Balaban J connectivity index is 2.43. The molecule has 2 aromatic rings. The van der Waals surface area contributed by atoms with E-state index in [1.165, 1.54) is 7.05 Å². The number of hydrogen-bond donors (Lipinski definition) is 4. The van der Waals surface area contributed by atoms with Crippen molar-refractivity contribution in [2.75, 3.05) is 13.7 Å². The maximum atomic E-state index is 13.5. The average Bonchev–Trinajstić information content (AvgIpc) is 2.80. The summed E-state index contributed by atoms with van der Waals surface area (Å²) < 4.78 is 5.71. The Hall–Kier alpha value is -2.97. The first-order valence-electron chi connectivity index (χ1n) is 11.2. The van der Waals surface area contributed by atoms with Crippen LogP contribution in [0.2, 0.25) is 0 Å². The molecule has 0 fully saturated rings. The highest BCUT2D eigenvalue weighted by Gasteiger charge is 2.39. The lowest BCUT2D eigenvalue weighted by atomic mass is 9.84. The van der Waals surface area contributed by atoms with Gasteiger partial charge in [-0.15, -0.1) is 0 Å². The molecule has 8 nitrogen and oxygen atoms in total. The number of hydrogen-bond acceptors (Lipinski definition) is 5. The topological polar surface area (TPSA) is 117 Å². The highest BCUT2D eigenvalue weighted by atomic mass is 16.5. The van der Waals surface area contributed by atoms with Gasteiger partial charge in [-0.25, -0.2) is 5.48 Å². The molecule has 0 unspecified atom stereocenters. The number of benzene rings is 2. The van der Waals surface area contributed by atoms with Gasteiger partial charge in [0.1, 0.15) is 12.1 Å². The molecule has 8 heteroatoms. The van der Waals surface area contributed by atoms with Crippen LogP contribution < -0.4 is 16.1 Å². The third kappa shape index (κ3) is 7.00. The molecule has 0 spiro atoms. The van der Waals surface area contributed by atoms with Gasteiger partial charge < -0.3 is 15.4 Å². The van der Waals surface area contributed by atoms with Crippen LogP contribution in [0, 0.1) is 11.3 Å². The number of likely N-dealkylation sites (N-methyl/N-ethyl adjacent to an activating group) is 1. The van der Waals surface area contributed by atoms with Crippen LogP contribution in [0.5, 0.6) is 0 Å². The van der Waals surface area contributed by atoms with E-state index >= 15 is 0 Å². The van der Waals surface area contributed by atoms with Gasteiger partial charge in [-0.1, -0.05) is 70.2 Å². The lowest BCUT2D eigenvalue weighted by molar-refractivity contribution is -0.151. The van der Waals surface area contributed by atoms with Crippen molar-refractivity contribution in [3.8, 4) is 0 Å². The molecule has 180 valence electrons. The quantitative estimate of drug-likeness (QED) is 0.323. The van der Waals surface area contributed by atoms with E-state index in [0.29, 0.717) is 6.42 Å². The van der Waals surface area contributed by atoms with Gasteiger partial charge in [-0.3, -0.25) is 19.6 Å². The minimum atomic E-state index is -1.23. The second-order valence-corrected chi connectivity index (χ2v) is 9.18. The summed E-state index contributed by atoms with van der Waals surface area (Å²) in [7, 11) is 1.51. The zero-order valence-corrected chi connectivity index (χ0v) is 20.0. The van der Waals surface area contributed by atoms with Crippen LogP contribution in [0.15, 0.2) is 42.5 Å². The Morgan fingerprint density at radius 1 is 1.00 bits per heavy atom. The van der Waals surface area contributed by atoms with Crippen LogP contribution in [0.3, 0.4) is 0 Å². The first-order valence-corrected chi connectivity index (χ1v) is 11.2. The van der Waals surface area contributed by atoms with E-state index in [-0.39, 0.29) is 18.9 Å². The maximum Gasteiger partial charge on any atom is 0.273 e. The minimum Gasteiger partial charge on any atom is -0.367 e. The second kappa shape index (κ2) is 11.8. The number of carbonyl (C=O) groups is 3. The number of carbonyl (C=O) groups excluding carboxylic acids is 3. The fourth-order valence-electron chi connectivity index (χ4n) is 3.71. The lowest BCUT2D eigenvalue weighted by Crippen LogP contribution is -2.56. The van der Waals surface area contributed by atoms with E-state index < -0.39 is 35.3 Å². The molecule has 4 N–H and O–H groups in total. The monoisotopic (exact) mass is 457 g/mol. The van der Waals surface area contributed by atoms with Crippen LogP contribution in [0.1, 0.15) is 39.7 Å². The third-order valence-electron chi connectivity index (χ3n) is 5.50. The maximum absolute atomic E-state index is 13.5. The first kappa shape index (κ1) is 26.3. The molecule has 0 aliphatic carbocycles. The van der Waals surface area contributed by atoms with Crippen molar-refractivity contribution < 1.29 is 24.3 Å². The molecule has 0 heterocycles. The van der Waals surface area contributed by atoms with Gasteiger partial charge in [-0.05, 0) is 34.6 Å². The van der Waals surface area contributed by atoms with Crippen molar-refractivity contribution in [1.29, 1.82) is 0 Å². The summed E-state index contributed by atoms with van der Waals surface area (Å²) in [6.45, 7) is 7.65. The van der Waals surface area contributed by atoms with Gasteiger partial charge in [0.15, 0.2) is 0 Å². The molecule has 0 aliphatic rings. The third-order valence-corrected chi connectivity index (χ3v) is 5.50. The fraction of sp³-hybridized carbons (Fsp3) is 0.480. The van der Waals surface area contributed by atoms with Gasteiger partial charge in [0.25, 0.3) is 5.91 Å². The van der Waals surface area contributed by atoms with Crippen LogP contribution in [0.4, 0.5) is 0 Å². The lowest BCUT2D eigenvalue weighted by Gasteiger charge is -2.32. The predicted octanol–water partition coefficient (Wildman–Crippen LogP) is 2.58. The Kier molecular flexibility index (Phi) is 9.37. The molecular formula is C25H35N3O5. The van der Waals surface area contributed by atoms with E-state index in [1.54, 1.807) is 5.48 Å². The van der Waals surface area contributed by atoms with Gasteiger partial charge in [-0.2, -0.15) is 0 Å². The molecule has 0 bridgehead atoms. The summed E-state index contributed by atoms with van der Waals surface area (Å²) in [6.07, 6.45) is -0.419. The highest BCUT2D eigenvalue weighted by Crippen LogP contribution is 2.24. The summed E-state index contributed by atoms with van der Waals surface area (Å²) in [5.74, 6) is -2.62. The van der Waals surface area contributed by atoms with Crippen molar-refractivity contribution in [1.82, 2.24) is 16.1 Å². The van der Waals surface area contributed by atoms with Crippen molar-refractivity contribution >= 4 is 28.5 Å². The van der Waals surface area contributed by atoms with Crippen LogP contribution >= 0.6 is 0 Å². The molecular weight excluding hydrogens is 422 g/mol. The molecule has 0 aliphatic heterocycles. The van der Waals surface area contributed by atoms with Crippen molar-refractivity contribution in [2.24, 2.45) is 11.3 Å². The highest BCUT2D eigenvalue weighted by molar-refractivity contribution is 5.93. The molecule has 3 atom stereocenters. The molecule has 0 saturated carbocycles. The molecule has 0 radical (unpaired) electrons. The Labute approximate surface area is 195 Å². The van der Waals surface area contributed by atoms with E-state index in [4.69, 9.17) is 4.74 Å². The first-order chi connectivity index (χ1) is 15.6. The van der Waals surface area contributed by atoms with E-state index in [0.717, 1.165) is 16.3 Å². The Morgan fingerprint density at radius 2 is 1.67 bits per heavy atom. The SMILES string of the molecule is CCCO[C@H](C(=O)NO)[C@@H](Cc1ccc2ccccc2c1)C(=O)N[C@H](C(=O)NC)C(C)(C)C. The second-order valence-electron chi connectivity index (χ2n) is 9.18. The van der Waals surface area contributed by atoms with Gasteiger partial charge in [0.05, 0.1) is 5.92 Å². The number of rotatable bonds is 10. The normalized spacial score (nSPS) is 14.2. The van der Waals surface area contributed by atoms with E-state index in [1.807, 2.05) is 70.2 Å². The number of ether oxygens (including phenoxy) is 1. The molecule has 33 heavy (non-hydrogen) atoms. The standard InChI is InChI=1S/C25H35N3O5/c1-6-13-33-20(23(30)28-32)19(22(29)27-21(24(31)26-5)25(2,3)4)15-16-11-12-17-9-7-8-10-18(17)14-16/h7-12,14,19-21,32H,6,13,15H2,1-5H3,(H,26,31)(H,27,29)(H,28,30)/t19-,20+,21-/m1/s1. The summed E-state index contributed by atoms with van der Waals surface area (Å²) in [5, 5.41) is 16.8. The summed E-state index contributed by atoms with van der Waals surface area (Å²) in [6, 6.07) is 12.8. The number of nitrogens with one attached hydrogen (secondary N) is 3. The van der Waals surface area contributed by atoms with Crippen molar-refractivity contribution in [2.45, 2.75) is 52.7 Å². The molecule has 0 aromatic heterocycles. The smallest absolute Gasteiger partial charge is 0.273 e. The van der Waals surface area contributed by atoms with Crippen LogP contribution in [0.25, 0.3) is 10.8 Å². The molecule has 3 amide bonds. The van der Waals surface area contributed by atoms with Gasteiger partial charge >= 0.3 is 0 Å². The van der Waals surface area contributed by atoms with Gasteiger partial charge in [0.2, 0.25) is 11.8 Å². The number of fused-ring (bicyclic) bond motifs is 1. The Morgan fingerprint density at radius 3 is 2.24 bits per heavy atom. The van der Waals surface area contributed by atoms with Crippen LogP contribution in [-0.2, 0) is 25.5 Å². The minimum absolute atomic E-state index is 0.184. The zero-order valence-electron chi connectivity index (χ0n) is 20.0. The molecule has 0 saturated heterocycles. The number of amides is 3. The molecule has 2 rings (SSSR count). The summed E-state index contributed by atoms with van der Waals surface area (Å²) in [4.78, 5) is 38.5. The largest absolute Gasteiger partial charge is 0.367 e. The van der Waals surface area contributed by atoms with Gasteiger partial charge in [0, 0.05) is 13.7 Å². The summed E-state index contributed by atoms with van der Waals surface area (Å²) >= 11 is 0. The van der Waals surface area contributed by atoms with E-state index in [9.17, 15) is 19.6 Å². The average molecular weight is 458 g/mol. The summed E-state index contributed by atoms with van der Waals surface area (Å²) in [5.41, 5.74) is 1.88. The van der Waals surface area contributed by atoms with Crippen LogP contribution in [-0.4, -0.2) is 48.7 Å². The van der Waals surface area contributed by atoms with Crippen molar-refractivity contribution in [3.63, 3.8) is 0 Å².